The molecule has 3 aromatic rings. The highest BCUT2D eigenvalue weighted by Crippen LogP contribution is 2.32. The first kappa shape index (κ1) is 22.1. The van der Waals surface area contributed by atoms with E-state index in [2.05, 4.69) is 4.90 Å². The minimum absolute atomic E-state index is 0. The fraction of sp³-hybridized carbons (Fsp3) is 0.333. The van der Waals surface area contributed by atoms with Crippen LogP contribution in [0.3, 0.4) is 0 Å². The molecule has 0 saturated carbocycles. The average molecular weight is 420 g/mol. The van der Waals surface area contributed by atoms with E-state index in [9.17, 15) is 4.79 Å². The van der Waals surface area contributed by atoms with Crippen LogP contribution in [0.1, 0.15) is 21.5 Å². The maximum atomic E-state index is 13.3. The van der Waals surface area contributed by atoms with Gasteiger partial charge in [0.25, 0.3) is 5.91 Å². The number of methoxy groups -OCH3 is 1. The van der Waals surface area contributed by atoms with Crippen LogP contribution < -0.4 is 9.64 Å². The summed E-state index contributed by atoms with van der Waals surface area (Å²) < 4.78 is 6.33. The molecule has 5 nitrogen and oxygen atoms in total. The summed E-state index contributed by atoms with van der Waals surface area (Å²) in [5.41, 5.74) is 3.83. The number of anilines is 1. The summed E-state index contributed by atoms with van der Waals surface area (Å²) in [6, 6.07) is 11.6. The molecule has 2 aromatic carbocycles. The summed E-state index contributed by atoms with van der Waals surface area (Å²) in [6.45, 7) is 5.42. The SMILES string of the molecule is COc1ccc2sc(N(CCN(C)C)C(=O)c3ccc(C)c(C)c3)nc2c1.Cl. The lowest BCUT2D eigenvalue weighted by Crippen LogP contribution is -2.36. The number of halogens is 1. The van der Waals surface area contributed by atoms with Gasteiger partial charge in [-0.3, -0.25) is 9.69 Å². The Morgan fingerprint density at radius 1 is 1.07 bits per heavy atom. The van der Waals surface area contributed by atoms with Gasteiger partial charge in [-0.2, -0.15) is 0 Å². The molecule has 1 aromatic heterocycles. The Kier molecular flexibility index (Phi) is 7.41. The molecule has 0 N–H and O–H groups in total. The molecule has 0 saturated heterocycles. The molecule has 0 fully saturated rings. The minimum Gasteiger partial charge on any atom is -0.497 e. The lowest BCUT2D eigenvalue weighted by molar-refractivity contribution is 0.0985. The number of amides is 1. The Bertz CT molecular complexity index is 971. The molecule has 28 heavy (non-hydrogen) atoms. The monoisotopic (exact) mass is 419 g/mol. The molecule has 1 amide bonds. The number of nitrogens with zero attached hydrogens (tertiary/aromatic N) is 3. The number of benzene rings is 2. The molecular weight excluding hydrogens is 394 g/mol. The van der Waals surface area contributed by atoms with Crippen molar-refractivity contribution in [3.8, 4) is 5.75 Å². The second-order valence-corrected chi connectivity index (χ2v) is 7.90. The number of carbonyl (C=O) groups is 1. The normalized spacial score (nSPS) is 10.8. The molecule has 0 unspecified atom stereocenters. The van der Waals surface area contributed by atoms with Gasteiger partial charge in [-0.1, -0.05) is 17.4 Å². The second-order valence-electron chi connectivity index (χ2n) is 6.89. The molecule has 0 radical (unpaired) electrons. The minimum atomic E-state index is -0.0222. The summed E-state index contributed by atoms with van der Waals surface area (Å²) in [5, 5.41) is 0.711. The zero-order chi connectivity index (χ0) is 19.6. The molecule has 0 spiro atoms. The highest BCUT2D eigenvalue weighted by atomic mass is 35.5. The lowest BCUT2D eigenvalue weighted by atomic mass is 10.1. The lowest BCUT2D eigenvalue weighted by Gasteiger charge is -2.22. The number of likely N-dealkylation sites (N-methyl/N-ethyl adjacent to an activating group) is 1. The number of hydrogen-bond donors (Lipinski definition) is 0. The zero-order valence-corrected chi connectivity index (χ0v) is 18.5. The van der Waals surface area contributed by atoms with Crippen LogP contribution in [0.25, 0.3) is 10.2 Å². The van der Waals surface area contributed by atoms with E-state index in [0.717, 1.165) is 28.1 Å². The van der Waals surface area contributed by atoms with Crippen LogP contribution in [0.4, 0.5) is 5.13 Å². The Morgan fingerprint density at radius 2 is 1.82 bits per heavy atom. The molecule has 3 rings (SSSR count). The van der Waals surface area contributed by atoms with Gasteiger partial charge in [-0.25, -0.2) is 4.98 Å². The van der Waals surface area contributed by atoms with Crippen molar-refractivity contribution in [1.82, 2.24) is 9.88 Å². The van der Waals surface area contributed by atoms with Crippen LogP contribution in [0, 0.1) is 13.8 Å². The van der Waals surface area contributed by atoms with E-state index in [-0.39, 0.29) is 18.3 Å². The third kappa shape index (κ3) is 4.82. The van der Waals surface area contributed by atoms with Gasteiger partial charge < -0.3 is 9.64 Å². The largest absolute Gasteiger partial charge is 0.497 e. The summed E-state index contributed by atoms with van der Waals surface area (Å²) in [5.74, 6) is 0.741. The van der Waals surface area contributed by atoms with E-state index in [1.54, 1.807) is 12.0 Å². The summed E-state index contributed by atoms with van der Waals surface area (Å²) in [4.78, 5) is 21.8. The molecule has 1 heterocycles. The van der Waals surface area contributed by atoms with E-state index < -0.39 is 0 Å². The molecule has 7 heteroatoms. The molecule has 0 aliphatic rings. The molecular formula is C21H26ClN3O2S. The van der Waals surface area contributed by atoms with Crippen molar-refractivity contribution in [2.24, 2.45) is 0 Å². The van der Waals surface area contributed by atoms with Gasteiger partial charge in [0.2, 0.25) is 0 Å². The first-order valence-corrected chi connectivity index (χ1v) is 9.69. The van der Waals surface area contributed by atoms with E-state index in [1.807, 2.05) is 64.3 Å². The standard InChI is InChI=1S/C21H25N3O2S.ClH/c1-14-6-7-16(12-15(14)2)20(25)24(11-10-23(3)4)21-22-18-13-17(26-5)8-9-19(18)27-21;/h6-9,12-13H,10-11H2,1-5H3;1H. The number of thiazole rings is 1. The van der Waals surface area contributed by atoms with Crippen molar-refractivity contribution < 1.29 is 9.53 Å². The molecule has 150 valence electrons. The van der Waals surface area contributed by atoms with Gasteiger partial charge in [0.1, 0.15) is 5.75 Å². The number of fused-ring (bicyclic) bond motifs is 1. The Balaban J connectivity index is 0.00000280. The Labute approximate surface area is 176 Å². The zero-order valence-electron chi connectivity index (χ0n) is 16.9. The molecule has 0 atom stereocenters. The summed E-state index contributed by atoms with van der Waals surface area (Å²) in [6.07, 6.45) is 0. The summed E-state index contributed by atoms with van der Waals surface area (Å²) in [7, 11) is 5.64. The fourth-order valence-corrected chi connectivity index (χ4v) is 3.72. The number of aromatic nitrogens is 1. The summed E-state index contributed by atoms with van der Waals surface area (Å²) >= 11 is 1.53. The maximum absolute atomic E-state index is 13.3. The second kappa shape index (κ2) is 9.37. The van der Waals surface area contributed by atoms with Gasteiger partial charge in [-0.05, 0) is 63.3 Å². The number of ether oxygens (including phenoxy) is 1. The number of rotatable bonds is 6. The highest BCUT2D eigenvalue weighted by Gasteiger charge is 2.22. The van der Waals surface area contributed by atoms with Crippen LogP contribution >= 0.6 is 23.7 Å². The van der Waals surface area contributed by atoms with Crippen molar-refractivity contribution in [1.29, 1.82) is 0 Å². The predicted molar refractivity (Wildman–Crippen MR) is 120 cm³/mol. The Morgan fingerprint density at radius 3 is 2.46 bits per heavy atom. The quantitative estimate of drug-likeness (QED) is 0.587. The van der Waals surface area contributed by atoms with Gasteiger partial charge >= 0.3 is 0 Å². The number of hydrogen-bond acceptors (Lipinski definition) is 5. The van der Waals surface area contributed by atoms with Gasteiger partial charge in [-0.15, -0.1) is 12.4 Å². The number of aryl methyl sites for hydroxylation is 2. The molecule has 0 aliphatic carbocycles. The van der Waals surface area contributed by atoms with Crippen molar-refractivity contribution in [2.75, 3.05) is 39.2 Å². The van der Waals surface area contributed by atoms with E-state index >= 15 is 0 Å². The van der Waals surface area contributed by atoms with Crippen LogP contribution in [0.5, 0.6) is 5.75 Å². The van der Waals surface area contributed by atoms with Gasteiger partial charge in [0, 0.05) is 24.7 Å². The van der Waals surface area contributed by atoms with Crippen molar-refractivity contribution >= 4 is 45.0 Å². The van der Waals surface area contributed by atoms with E-state index in [1.165, 1.54) is 16.9 Å². The van der Waals surface area contributed by atoms with Gasteiger partial charge in [0.15, 0.2) is 5.13 Å². The smallest absolute Gasteiger partial charge is 0.260 e. The predicted octanol–water partition coefficient (Wildman–Crippen LogP) is 4.55. The molecule has 0 bridgehead atoms. The number of carbonyl (C=O) groups excluding carboxylic acids is 1. The van der Waals surface area contributed by atoms with Crippen molar-refractivity contribution in [2.45, 2.75) is 13.8 Å². The van der Waals surface area contributed by atoms with Crippen molar-refractivity contribution in [3.05, 3.63) is 53.1 Å². The van der Waals surface area contributed by atoms with Crippen molar-refractivity contribution in [3.63, 3.8) is 0 Å². The topological polar surface area (TPSA) is 45.7 Å². The maximum Gasteiger partial charge on any atom is 0.260 e. The first-order chi connectivity index (χ1) is 12.9. The van der Waals surface area contributed by atoms with E-state index in [4.69, 9.17) is 9.72 Å². The fourth-order valence-electron chi connectivity index (χ4n) is 2.75. The average Bonchev–Trinajstić information content (AvgIpc) is 3.06. The van der Waals surface area contributed by atoms with Gasteiger partial charge in [0.05, 0.1) is 17.3 Å². The van der Waals surface area contributed by atoms with Crippen LogP contribution in [0.15, 0.2) is 36.4 Å². The highest BCUT2D eigenvalue weighted by molar-refractivity contribution is 7.22. The van der Waals surface area contributed by atoms with Crippen LogP contribution in [-0.2, 0) is 0 Å². The third-order valence-electron chi connectivity index (χ3n) is 4.58. The molecule has 0 aliphatic heterocycles. The van der Waals surface area contributed by atoms with Crippen LogP contribution in [-0.4, -0.2) is 50.1 Å². The van der Waals surface area contributed by atoms with E-state index in [0.29, 0.717) is 17.2 Å². The Hall–Kier alpha value is -2.15. The first-order valence-electron chi connectivity index (χ1n) is 8.87. The third-order valence-corrected chi connectivity index (χ3v) is 5.64. The van der Waals surface area contributed by atoms with Crippen LogP contribution in [0.2, 0.25) is 0 Å².